The van der Waals surface area contributed by atoms with E-state index in [4.69, 9.17) is 0 Å². The van der Waals surface area contributed by atoms with Crippen LogP contribution in [-0.4, -0.2) is 50.2 Å². The van der Waals surface area contributed by atoms with Crippen LogP contribution in [0.2, 0.25) is 0 Å². The molecule has 0 radical (unpaired) electrons. The van der Waals surface area contributed by atoms with Crippen LogP contribution in [0, 0.1) is 23.7 Å². The SMILES string of the molecule is CN(C[C@@H]1C[C@@H]2CC[C@@H]1C2)C(=O)C1CCN(S(=O)(=O)c2cccs2)CC1. The van der Waals surface area contributed by atoms with Gasteiger partial charge in [0.25, 0.3) is 10.0 Å². The Bertz CT molecular complexity index is 739. The normalized spacial score (nSPS) is 30.0. The lowest BCUT2D eigenvalue weighted by atomic mass is 9.88. The van der Waals surface area contributed by atoms with Crippen LogP contribution in [0.15, 0.2) is 21.7 Å². The van der Waals surface area contributed by atoms with Gasteiger partial charge in [0.2, 0.25) is 5.91 Å². The number of hydrogen-bond acceptors (Lipinski definition) is 4. The van der Waals surface area contributed by atoms with E-state index in [9.17, 15) is 13.2 Å². The number of nitrogens with zero attached hydrogens (tertiary/aromatic N) is 2. The molecule has 2 bridgehead atoms. The maximum absolute atomic E-state index is 12.8. The highest BCUT2D eigenvalue weighted by molar-refractivity contribution is 7.91. The van der Waals surface area contributed by atoms with E-state index in [-0.39, 0.29) is 11.8 Å². The molecule has 7 heteroatoms. The molecular formula is C19H28N2O3S2. The molecule has 0 N–H and O–H groups in total. The van der Waals surface area contributed by atoms with Crippen molar-refractivity contribution in [1.82, 2.24) is 9.21 Å². The molecule has 26 heavy (non-hydrogen) atoms. The Balaban J connectivity index is 1.30. The van der Waals surface area contributed by atoms with Gasteiger partial charge in [0.05, 0.1) is 0 Å². The van der Waals surface area contributed by atoms with Crippen molar-refractivity contribution in [3.63, 3.8) is 0 Å². The molecule has 2 saturated carbocycles. The fourth-order valence-electron chi connectivity index (χ4n) is 5.23. The van der Waals surface area contributed by atoms with E-state index in [0.717, 1.165) is 18.4 Å². The average molecular weight is 397 g/mol. The summed E-state index contributed by atoms with van der Waals surface area (Å²) < 4.78 is 27.1. The second kappa shape index (κ2) is 7.24. The van der Waals surface area contributed by atoms with Crippen LogP contribution in [0.5, 0.6) is 0 Å². The molecule has 3 atom stereocenters. The highest BCUT2D eigenvalue weighted by Crippen LogP contribution is 2.48. The molecule has 1 aromatic rings. The summed E-state index contributed by atoms with van der Waals surface area (Å²) in [4.78, 5) is 14.8. The standard InChI is InChI=1S/C19H28N2O3S2/c1-20(13-17-12-14-4-5-16(17)11-14)19(22)15-6-8-21(9-7-15)26(23,24)18-3-2-10-25-18/h2-3,10,14-17H,4-9,11-13H2,1H3/t14-,16-,17+/m1/s1. The van der Waals surface area contributed by atoms with Gasteiger partial charge in [0, 0.05) is 32.6 Å². The Kier molecular flexibility index (Phi) is 5.14. The summed E-state index contributed by atoms with van der Waals surface area (Å²) in [6.07, 6.45) is 6.65. The van der Waals surface area contributed by atoms with Crippen molar-refractivity contribution in [1.29, 1.82) is 0 Å². The number of hydrogen-bond donors (Lipinski definition) is 0. The van der Waals surface area contributed by atoms with Crippen LogP contribution < -0.4 is 0 Å². The minimum atomic E-state index is -3.39. The quantitative estimate of drug-likeness (QED) is 0.769. The van der Waals surface area contributed by atoms with Gasteiger partial charge in [-0.2, -0.15) is 4.31 Å². The van der Waals surface area contributed by atoms with E-state index in [2.05, 4.69) is 0 Å². The Hall–Kier alpha value is -0.920. The fraction of sp³-hybridized carbons (Fsp3) is 0.737. The smallest absolute Gasteiger partial charge is 0.252 e. The molecule has 0 unspecified atom stereocenters. The molecule has 144 valence electrons. The van der Waals surface area contributed by atoms with Crippen LogP contribution in [0.25, 0.3) is 0 Å². The van der Waals surface area contributed by atoms with Crippen molar-refractivity contribution < 1.29 is 13.2 Å². The van der Waals surface area contributed by atoms with Crippen LogP contribution in [0.1, 0.15) is 38.5 Å². The zero-order valence-electron chi connectivity index (χ0n) is 15.3. The first kappa shape index (κ1) is 18.4. The maximum Gasteiger partial charge on any atom is 0.252 e. The van der Waals surface area contributed by atoms with Gasteiger partial charge >= 0.3 is 0 Å². The van der Waals surface area contributed by atoms with E-state index in [1.54, 1.807) is 21.8 Å². The van der Waals surface area contributed by atoms with Gasteiger partial charge in [-0.1, -0.05) is 12.5 Å². The van der Waals surface area contributed by atoms with E-state index >= 15 is 0 Å². The molecular weight excluding hydrogens is 368 g/mol. The van der Waals surface area contributed by atoms with Crippen molar-refractivity contribution in [2.45, 2.75) is 42.7 Å². The van der Waals surface area contributed by atoms with Crippen molar-refractivity contribution in [2.24, 2.45) is 23.7 Å². The van der Waals surface area contributed by atoms with Gasteiger partial charge in [-0.25, -0.2) is 8.42 Å². The molecule has 1 aliphatic heterocycles. The first-order valence-corrected chi connectivity index (χ1v) is 12.1. The van der Waals surface area contributed by atoms with Crippen LogP contribution in [0.3, 0.4) is 0 Å². The minimum Gasteiger partial charge on any atom is -0.345 e. The third kappa shape index (κ3) is 3.45. The number of fused-ring (bicyclic) bond motifs is 2. The minimum absolute atomic E-state index is 0.0339. The van der Waals surface area contributed by atoms with E-state index in [1.807, 2.05) is 11.9 Å². The highest BCUT2D eigenvalue weighted by atomic mass is 32.2. The van der Waals surface area contributed by atoms with E-state index < -0.39 is 10.0 Å². The van der Waals surface area contributed by atoms with Crippen molar-refractivity contribution >= 4 is 27.3 Å². The number of carbonyl (C=O) groups is 1. The topological polar surface area (TPSA) is 57.7 Å². The van der Waals surface area contributed by atoms with E-state index in [1.165, 1.54) is 37.0 Å². The molecule has 3 fully saturated rings. The van der Waals surface area contributed by atoms with Gasteiger partial charge in [0.1, 0.15) is 4.21 Å². The number of amides is 1. The Morgan fingerprint density at radius 2 is 2.00 bits per heavy atom. The Labute approximate surface area is 160 Å². The van der Waals surface area contributed by atoms with Crippen LogP contribution >= 0.6 is 11.3 Å². The van der Waals surface area contributed by atoms with Gasteiger partial charge < -0.3 is 4.90 Å². The van der Waals surface area contributed by atoms with E-state index in [0.29, 0.717) is 36.1 Å². The summed E-state index contributed by atoms with van der Waals surface area (Å²) in [5, 5.41) is 1.79. The van der Waals surface area contributed by atoms with Crippen molar-refractivity contribution in [3.8, 4) is 0 Å². The van der Waals surface area contributed by atoms with Gasteiger partial charge in [0.15, 0.2) is 0 Å². The van der Waals surface area contributed by atoms with Gasteiger partial charge in [-0.3, -0.25) is 4.79 Å². The summed E-state index contributed by atoms with van der Waals surface area (Å²) in [6, 6.07) is 3.42. The highest BCUT2D eigenvalue weighted by Gasteiger charge is 2.41. The predicted octanol–water partition coefficient (Wildman–Crippen LogP) is 3.04. The molecule has 5 nitrogen and oxygen atoms in total. The summed E-state index contributed by atoms with van der Waals surface area (Å²) in [6.45, 7) is 1.77. The molecule has 1 saturated heterocycles. The lowest BCUT2D eigenvalue weighted by molar-refractivity contribution is -0.136. The fourth-order valence-corrected chi connectivity index (χ4v) is 7.85. The summed E-state index contributed by atoms with van der Waals surface area (Å²) >= 11 is 1.25. The summed E-state index contributed by atoms with van der Waals surface area (Å²) in [7, 11) is -1.45. The largest absolute Gasteiger partial charge is 0.345 e. The van der Waals surface area contributed by atoms with Gasteiger partial charge in [-0.05, 0) is 61.3 Å². The number of sulfonamides is 1. The zero-order chi connectivity index (χ0) is 18.3. The van der Waals surface area contributed by atoms with Crippen LogP contribution in [0.4, 0.5) is 0 Å². The molecule has 0 aromatic carbocycles. The third-order valence-corrected chi connectivity index (χ3v) is 9.93. The predicted molar refractivity (Wildman–Crippen MR) is 102 cm³/mol. The summed E-state index contributed by atoms with van der Waals surface area (Å²) in [5.74, 6) is 2.59. The first-order chi connectivity index (χ1) is 12.4. The van der Waals surface area contributed by atoms with Gasteiger partial charge in [-0.15, -0.1) is 11.3 Å². The number of thiophene rings is 1. The number of carbonyl (C=O) groups excluding carboxylic acids is 1. The molecule has 1 aromatic heterocycles. The monoisotopic (exact) mass is 396 g/mol. The molecule has 0 spiro atoms. The summed E-state index contributed by atoms with van der Waals surface area (Å²) in [5.41, 5.74) is 0. The molecule has 1 amide bonds. The zero-order valence-corrected chi connectivity index (χ0v) is 17.0. The Morgan fingerprint density at radius 1 is 1.23 bits per heavy atom. The lowest BCUT2D eigenvalue weighted by Crippen LogP contribution is -2.44. The number of piperidine rings is 1. The lowest BCUT2D eigenvalue weighted by Gasteiger charge is -2.34. The molecule has 2 aliphatic carbocycles. The molecule has 4 rings (SSSR count). The second-order valence-corrected chi connectivity index (χ2v) is 11.4. The van der Waals surface area contributed by atoms with Crippen molar-refractivity contribution in [2.75, 3.05) is 26.7 Å². The Morgan fingerprint density at radius 3 is 2.58 bits per heavy atom. The number of rotatable bonds is 5. The first-order valence-electron chi connectivity index (χ1n) is 9.74. The maximum atomic E-state index is 12.8. The second-order valence-electron chi connectivity index (χ2n) is 8.26. The molecule has 2 heterocycles. The van der Waals surface area contributed by atoms with Crippen LogP contribution in [-0.2, 0) is 14.8 Å². The average Bonchev–Trinajstić information content (AvgIpc) is 3.39. The van der Waals surface area contributed by atoms with Crippen molar-refractivity contribution in [3.05, 3.63) is 17.5 Å². The third-order valence-electron chi connectivity index (χ3n) is 6.66. The molecule has 3 aliphatic rings.